The zero-order chi connectivity index (χ0) is 20.5. The maximum Gasteiger partial charge on any atom is 0.318 e. The van der Waals surface area contributed by atoms with Gasteiger partial charge in [0.2, 0.25) is 12.2 Å². The molecule has 0 saturated carbocycles. The third-order valence-corrected chi connectivity index (χ3v) is 5.76. The van der Waals surface area contributed by atoms with Crippen molar-refractivity contribution in [3.05, 3.63) is 23.5 Å². The van der Waals surface area contributed by atoms with Gasteiger partial charge in [-0.3, -0.25) is 9.69 Å². The van der Waals surface area contributed by atoms with Gasteiger partial charge in [-0.25, -0.2) is 31.3 Å². The number of benzene rings is 1. The van der Waals surface area contributed by atoms with E-state index in [0.29, 0.717) is 17.8 Å². The minimum absolute atomic E-state index is 0.0440. The first-order chi connectivity index (χ1) is 12.5. The molecule has 0 spiro atoms. The Labute approximate surface area is 156 Å². The molecule has 13 heteroatoms. The number of carbonyl (C=O) groups is 1. The minimum atomic E-state index is -3.55. The van der Waals surface area contributed by atoms with Gasteiger partial charge in [-0.05, 0) is 13.0 Å². The van der Waals surface area contributed by atoms with Crippen LogP contribution >= 0.6 is 11.8 Å². The van der Waals surface area contributed by atoms with Crippen LogP contribution in [0.1, 0.15) is 5.56 Å². The van der Waals surface area contributed by atoms with Crippen LogP contribution in [0.3, 0.4) is 0 Å². The number of amides is 1. The molecular formula is C14H11F7N2O2S2. The first-order valence-electron chi connectivity index (χ1n) is 7.13. The van der Waals surface area contributed by atoms with E-state index < -0.39 is 69.1 Å². The number of carbonyl (C=O) groups excluding carboxylic acids is 1. The fraction of sp³-hybridized carbons (Fsp3) is 0.429. The molecule has 1 aromatic rings. The molecule has 2 rings (SSSR count). The van der Waals surface area contributed by atoms with Crippen molar-refractivity contribution in [1.29, 1.82) is 0 Å². The van der Waals surface area contributed by atoms with Crippen LogP contribution in [0.4, 0.5) is 36.4 Å². The second kappa shape index (κ2) is 8.69. The second-order valence-electron chi connectivity index (χ2n) is 5.21. The summed E-state index contributed by atoms with van der Waals surface area (Å²) in [5.74, 6) is -2.53. The largest absolute Gasteiger partial charge is 0.609 e. The molecule has 3 atom stereocenters. The zero-order valence-electron chi connectivity index (χ0n) is 13.3. The quantitative estimate of drug-likeness (QED) is 0.386. The molecule has 2 unspecified atom stereocenters. The Bertz CT molecular complexity index is 750. The van der Waals surface area contributed by atoms with E-state index in [1.54, 1.807) is 0 Å². The molecule has 1 fully saturated rings. The summed E-state index contributed by atoms with van der Waals surface area (Å²) in [6.45, 7) is 1.19. The van der Waals surface area contributed by atoms with Crippen LogP contribution in [0, 0.1) is 12.7 Å². The van der Waals surface area contributed by atoms with Gasteiger partial charge >= 0.3 is 11.9 Å². The van der Waals surface area contributed by atoms with Gasteiger partial charge in [0, 0.05) is 22.8 Å². The molecule has 4 nitrogen and oxygen atoms in total. The summed E-state index contributed by atoms with van der Waals surface area (Å²) in [5, 5.41) is -0.585. The van der Waals surface area contributed by atoms with E-state index in [9.17, 15) is 40.1 Å². The van der Waals surface area contributed by atoms with Crippen LogP contribution in [0.2, 0.25) is 0 Å². The monoisotopic (exact) mass is 436 g/mol. The van der Waals surface area contributed by atoms with E-state index in [2.05, 4.69) is 4.99 Å². The molecule has 1 aliphatic heterocycles. The van der Waals surface area contributed by atoms with Gasteiger partial charge < -0.3 is 4.55 Å². The minimum Gasteiger partial charge on any atom is -0.609 e. The normalized spacial score (nSPS) is 20.0. The van der Waals surface area contributed by atoms with Crippen LogP contribution in [-0.2, 0) is 16.0 Å². The lowest BCUT2D eigenvalue weighted by molar-refractivity contribution is -0.132. The first kappa shape index (κ1) is 21.8. The number of nitrogens with zero attached hydrogens (tertiary/aromatic N) is 2. The first-order valence-corrected chi connectivity index (χ1v) is 9.33. The summed E-state index contributed by atoms with van der Waals surface area (Å²) in [4.78, 5) is 14.7. The van der Waals surface area contributed by atoms with Gasteiger partial charge in [0.1, 0.15) is 11.5 Å². The summed E-state index contributed by atoms with van der Waals surface area (Å²) in [6.07, 6.45) is -10.1. The predicted molar refractivity (Wildman–Crippen MR) is 85.7 cm³/mol. The number of halogens is 7. The van der Waals surface area contributed by atoms with Crippen molar-refractivity contribution in [2.24, 2.45) is 4.99 Å². The van der Waals surface area contributed by atoms with Crippen LogP contribution in [-0.4, -0.2) is 50.9 Å². The van der Waals surface area contributed by atoms with E-state index in [1.165, 1.54) is 6.92 Å². The molecule has 1 heterocycles. The highest BCUT2D eigenvalue weighted by Gasteiger charge is 2.40. The van der Waals surface area contributed by atoms with Crippen LogP contribution in [0.15, 0.2) is 22.0 Å². The number of hydrogen-bond donors (Lipinski definition) is 0. The smallest absolute Gasteiger partial charge is 0.318 e. The summed E-state index contributed by atoms with van der Waals surface area (Å²) in [6, 6.07) is 1.43. The van der Waals surface area contributed by atoms with Gasteiger partial charge in [-0.2, -0.15) is 4.39 Å². The molecule has 0 N–H and O–H groups in total. The Balaban J connectivity index is 2.45. The number of aliphatic imine (C=N–C) groups is 1. The third kappa shape index (κ3) is 4.69. The SMILES string of the molecule is Cc1cc(F)c(/N=C2\SCC(=O)N2C(F)C(F)F)cc1[S@@+]([O-])C(F)C(F)F. The van der Waals surface area contributed by atoms with Crippen LogP contribution in [0.25, 0.3) is 0 Å². The maximum absolute atomic E-state index is 14.1. The van der Waals surface area contributed by atoms with Gasteiger partial charge in [0.05, 0.1) is 5.75 Å². The van der Waals surface area contributed by atoms with Gasteiger partial charge in [0.25, 0.3) is 6.43 Å². The van der Waals surface area contributed by atoms with Crippen molar-refractivity contribution in [3.63, 3.8) is 0 Å². The summed E-state index contributed by atoms with van der Waals surface area (Å²) in [5.41, 5.74) is -3.84. The van der Waals surface area contributed by atoms with Crippen LogP contribution in [0.5, 0.6) is 0 Å². The fourth-order valence-corrected chi connectivity index (χ4v) is 4.01. The number of rotatable bonds is 6. The third-order valence-electron chi connectivity index (χ3n) is 3.33. The van der Waals surface area contributed by atoms with E-state index in [1.807, 2.05) is 0 Å². The molecule has 27 heavy (non-hydrogen) atoms. The van der Waals surface area contributed by atoms with Gasteiger partial charge in [-0.15, -0.1) is 0 Å². The predicted octanol–water partition coefficient (Wildman–Crippen LogP) is 3.93. The molecule has 1 saturated heterocycles. The van der Waals surface area contributed by atoms with Crippen LogP contribution < -0.4 is 0 Å². The molecule has 0 aromatic heterocycles. The summed E-state index contributed by atoms with van der Waals surface area (Å²) >= 11 is -2.30. The Kier molecular flexibility index (Phi) is 7.03. The lowest BCUT2D eigenvalue weighted by Gasteiger charge is -2.20. The van der Waals surface area contributed by atoms with E-state index >= 15 is 0 Å². The molecule has 1 amide bonds. The van der Waals surface area contributed by atoms with Gasteiger partial charge in [0.15, 0.2) is 10.1 Å². The van der Waals surface area contributed by atoms with E-state index in [0.717, 1.165) is 6.07 Å². The highest BCUT2D eigenvalue weighted by Crippen LogP contribution is 2.33. The second-order valence-corrected chi connectivity index (χ2v) is 7.63. The number of thioether (sulfide) groups is 1. The Morgan fingerprint density at radius 1 is 1.19 bits per heavy atom. The molecule has 1 aromatic carbocycles. The summed E-state index contributed by atoms with van der Waals surface area (Å²) < 4.78 is 103. The Hall–Kier alpha value is -1.47. The van der Waals surface area contributed by atoms with Crippen molar-refractivity contribution in [3.8, 4) is 0 Å². The fourth-order valence-electron chi connectivity index (χ4n) is 2.08. The van der Waals surface area contributed by atoms with E-state index in [-0.39, 0.29) is 10.5 Å². The number of aryl methyl sites for hydroxylation is 1. The van der Waals surface area contributed by atoms with Crippen molar-refractivity contribution in [1.82, 2.24) is 4.90 Å². The maximum atomic E-state index is 14.1. The molecule has 0 aliphatic carbocycles. The number of hydrogen-bond acceptors (Lipinski definition) is 4. The number of amidine groups is 1. The van der Waals surface area contributed by atoms with Crippen molar-refractivity contribution < 1.29 is 40.1 Å². The zero-order valence-corrected chi connectivity index (χ0v) is 15.0. The average molecular weight is 436 g/mol. The Morgan fingerprint density at radius 2 is 1.81 bits per heavy atom. The van der Waals surface area contributed by atoms with E-state index in [4.69, 9.17) is 0 Å². The molecule has 150 valence electrons. The van der Waals surface area contributed by atoms with Crippen molar-refractivity contribution in [2.45, 2.75) is 36.5 Å². The van der Waals surface area contributed by atoms with Crippen molar-refractivity contribution in [2.75, 3.05) is 5.75 Å². The summed E-state index contributed by atoms with van der Waals surface area (Å²) in [7, 11) is 0. The molecule has 0 radical (unpaired) electrons. The van der Waals surface area contributed by atoms with Crippen molar-refractivity contribution >= 4 is 39.7 Å². The average Bonchev–Trinajstić information content (AvgIpc) is 2.95. The molecular weight excluding hydrogens is 425 g/mol. The lowest BCUT2D eigenvalue weighted by Crippen LogP contribution is -2.41. The Morgan fingerprint density at radius 3 is 2.37 bits per heavy atom. The lowest BCUT2D eigenvalue weighted by atomic mass is 10.2. The topological polar surface area (TPSA) is 55.7 Å². The highest BCUT2D eigenvalue weighted by atomic mass is 32.2. The number of alkyl halides is 6. The standard InChI is InChI=1S/C14H11F7N2O2S2/c1-5-2-6(15)7(3-8(5)27(25)13(21)11(18)19)22-14-23(9(24)4-26-14)12(20)10(16)17/h2-3,10-13H,4H2,1H3/b22-14-/t12?,13?,27-/m1/s1. The molecule has 0 bridgehead atoms. The van der Waals surface area contributed by atoms with Gasteiger partial charge in [-0.1, -0.05) is 11.8 Å². The highest BCUT2D eigenvalue weighted by molar-refractivity contribution is 8.15. The molecule has 1 aliphatic rings.